The Morgan fingerprint density at radius 3 is 2.53 bits per heavy atom. The number of halogens is 2. The fourth-order valence-corrected chi connectivity index (χ4v) is 1.45. The molecule has 0 saturated heterocycles. The first kappa shape index (κ1) is 9.79. The van der Waals surface area contributed by atoms with E-state index in [0.717, 1.165) is 18.2 Å². The summed E-state index contributed by atoms with van der Waals surface area (Å²) >= 11 is 0. The van der Waals surface area contributed by atoms with Gasteiger partial charge in [0.05, 0.1) is 12.1 Å². The molecule has 0 bridgehead atoms. The first-order valence-corrected chi connectivity index (χ1v) is 4.23. The monoisotopic (exact) mass is 211 g/mol. The van der Waals surface area contributed by atoms with Gasteiger partial charge in [0.1, 0.15) is 0 Å². The molecule has 0 fully saturated rings. The molecule has 0 aliphatic rings. The van der Waals surface area contributed by atoms with E-state index in [1.165, 1.54) is 0 Å². The molecule has 0 atom stereocenters. The molecule has 3 nitrogen and oxygen atoms in total. The Bertz CT molecular complexity index is 577. The predicted octanol–water partition coefficient (Wildman–Crippen LogP) is 1.30. The lowest BCUT2D eigenvalue weighted by molar-refractivity contribution is 0.283. The van der Waals surface area contributed by atoms with Crippen molar-refractivity contribution in [1.82, 2.24) is 4.98 Å². The summed E-state index contributed by atoms with van der Waals surface area (Å²) in [5, 5.41) is 9.25. The number of benzene rings is 1. The van der Waals surface area contributed by atoms with Crippen molar-refractivity contribution in [3.8, 4) is 0 Å². The largest absolute Gasteiger partial charge is 0.392 e. The van der Waals surface area contributed by atoms with Crippen molar-refractivity contribution in [1.29, 1.82) is 0 Å². The highest BCUT2D eigenvalue weighted by Crippen LogP contribution is 2.18. The second-order valence-electron chi connectivity index (χ2n) is 3.13. The van der Waals surface area contributed by atoms with E-state index in [2.05, 4.69) is 4.98 Å². The van der Waals surface area contributed by atoms with Crippen LogP contribution in [0.5, 0.6) is 0 Å². The number of aliphatic hydroxyl groups is 1. The molecule has 0 aliphatic heterocycles. The topological polar surface area (TPSA) is 53.1 Å². The number of nitrogens with one attached hydrogen (secondary N) is 1. The van der Waals surface area contributed by atoms with Crippen LogP contribution in [0.2, 0.25) is 0 Å². The summed E-state index contributed by atoms with van der Waals surface area (Å²) in [4.78, 5) is 13.4. The molecule has 0 spiro atoms. The average Bonchev–Trinajstić information content (AvgIpc) is 2.19. The lowest BCUT2D eigenvalue weighted by Crippen LogP contribution is -2.07. The van der Waals surface area contributed by atoms with E-state index >= 15 is 0 Å². The van der Waals surface area contributed by atoms with Crippen molar-refractivity contribution in [3.05, 3.63) is 45.8 Å². The third-order valence-corrected chi connectivity index (χ3v) is 2.14. The molecule has 0 amide bonds. The van der Waals surface area contributed by atoms with E-state index in [1.807, 2.05) is 0 Å². The van der Waals surface area contributed by atoms with Gasteiger partial charge in [-0.25, -0.2) is 8.78 Å². The summed E-state index contributed by atoms with van der Waals surface area (Å²) in [7, 11) is 0. The van der Waals surface area contributed by atoms with Gasteiger partial charge in [-0.15, -0.1) is 0 Å². The number of pyridine rings is 1. The maximum absolute atomic E-state index is 12.9. The molecule has 0 radical (unpaired) electrons. The third kappa shape index (κ3) is 1.61. The highest BCUT2D eigenvalue weighted by Gasteiger charge is 2.08. The molecule has 1 heterocycles. The molecule has 5 heteroatoms. The van der Waals surface area contributed by atoms with Crippen molar-refractivity contribution < 1.29 is 13.9 Å². The summed E-state index contributed by atoms with van der Waals surface area (Å²) < 4.78 is 25.8. The number of rotatable bonds is 1. The standard InChI is InChI=1S/C10H7F2NO2/c11-7-2-6-5(4-14)1-10(15)13-9(6)3-8(7)12/h1-3,14H,4H2,(H,13,15). The van der Waals surface area contributed by atoms with Gasteiger partial charge in [0, 0.05) is 17.5 Å². The van der Waals surface area contributed by atoms with Gasteiger partial charge in [-0.05, 0) is 11.6 Å². The molecule has 0 aliphatic carbocycles. The zero-order chi connectivity index (χ0) is 11.0. The Hall–Kier alpha value is -1.75. The van der Waals surface area contributed by atoms with Crippen molar-refractivity contribution in [2.24, 2.45) is 0 Å². The van der Waals surface area contributed by atoms with Gasteiger partial charge >= 0.3 is 0 Å². The number of hydrogen-bond donors (Lipinski definition) is 2. The van der Waals surface area contributed by atoms with Gasteiger partial charge in [-0.1, -0.05) is 0 Å². The highest BCUT2D eigenvalue weighted by atomic mass is 19.2. The minimum absolute atomic E-state index is 0.172. The van der Waals surface area contributed by atoms with Gasteiger partial charge in [0.2, 0.25) is 5.56 Å². The van der Waals surface area contributed by atoms with Crippen molar-refractivity contribution >= 4 is 10.9 Å². The van der Waals surface area contributed by atoms with E-state index < -0.39 is 23.8 Å². The molecule has 1 aromatic carbocycles. The van der Waals surface area contributed by atoms with Crippen LogP contribution in [0.15, 0.2) is 23.0 Å². The van der Waals surface area contributed by atoms with E-state index in [1.54, 1.807) is 0 Å². The molecule has 0 saturated carbocycles. The molecular weight excluding hydrogens is 204 g/mol. The number of aliphatic hydroxyl groups excluding tert-OH is 1. The first-order chi connectivity index (χ1) is 7.11. The van der Waals surface area contributed by atoms with Crippen LogP contribution < -0.4 is 5.56 Å². The molecule has 78 valence electrons. The van der Waals surface area contributed by atoms with Gasteiger partial charge in [-0.3, -0.25) is 4.79 Å². The van der Waals surface area contributed by atoms with E-state index in [-0.39, 0.29) is 11.1 Å². The van der Waals surface area contributed by atoms with Crippen LogP contribution in [-0.4, -0.2) is 10.1 Å². The Balaban J connectivity index is 2.90. The third-order valence-electron chi connectivity index (χ3n) is 2.14. The molecule has 2 N–H and O–H groups in total. The molecule has 15 heavy (non-hydrogen) atoms. The van der Waals surface area contributed by atoms with Gasteiger partial charge in [0.25, 0.3) is 0 Å². The molecule has 2 rings (SSSR count). The Kier molecular flexibility index (Phi) is 2.24. The summed E-state index contributed by atoms with van der Waals surface area (Å²) in [5.41, 5.74) is -0.0179. The molecule has 0 unspecified atom stereocenters. The van der Waals surface area contributed by atoms with Crippen LogP contribution >= 0.6 is 0 Å². The summed E-state index contributed by atoms with van der Waals surface area (Å²) in [6.45, 7) is -0.397. The van der Waals surface area contributed by atoms with E-state index in [0.29, 0.717) is 5.39 Å². The minimum atomic E-state index is -1.03. The number of hydrogen-bond acceptors (Lipinski definition) is 2. The second kappa shape index (κ2) is 3.43. The molecular formula is C10H7F2NO2. The van der Waals surface area contributed by atoms with Crippen LogP contribution in [-0.2, 0) is 6.61 Å². The molecule has 1 aromatic heterocycles. The van der Waals surface area contributed by atoms with Crippen molar-refractivity contribution in [2.75, 3.05) is 0 Å². The predicted molar refractivity (Wildman–Crippen MR) is 50.4 cm³/mol. The Morgan fingerprint density at radius 2 is 1.87 bits per heavy atom. The number of aromatic amines is 1. The average molecular weight is 211 g/mol. The fraction of sp³-hybridized carbons (Fsp3) is 0.100. The van der Waals surface area contributed by atoms with Crippen molar-refractivity contribution in [3.63, 3.8) is 0 Å². The van der Waals surface area contributed by atoms with E-state index in [4.69, 9.17) is 5.11 Å². The van der Waals surface area contributed by atoms with Gasteiger partial charge in [-0.2, -0.15) is 0 Å². The lowest BCUT2D eigenvalue weighted by Gasteiger charge is -2.03. The van der Waals surface area contributed by atoms with Crippen LogP contribution in [0.1, 0.15) is 5.56 Å². The zero-order valence-corrected chi connectivity index (χ0v) is 7.55. The van der Waals surface area contributed by atoms with Gasteiger partial charge in [0.15, 0.2) is 11.6 Å². The number of H-pyrrole nitrogens is 1. The quantitative estimate of drug-likeness (QED) is 0.746. The van der Waals surface area contributed by atoms with Crippen LogP contribution in [0.4, 0.5) is 8.78 Å². The summed E-state index contributed by atoms with van der Waals surface area (Å²) in [6.07, 6.45) is 0. The lowest BCUT2D eigenvalue weighted by atomic mass is 10.1. The Morgan fingerprint density at radius 1 is 1.20 bits per heavy atom. The summed E-state index contributed by atoms with van der Waals surface area (Å²) in [5.74, 6) is -2.04. The second-order valence-corrected chi connectivity index (χ2v) is 3.13. The number of aromatic nitrogens is 1. The fourth-order valence-electron chi connectivity index (χ4n) is 1.45. The van der Waals surface area contributed by atoms with Crippen LogP contribution in [0.25, 0.3) is 10.9 Å². The Labute approximate surface area is 83.0 Å². The first-order valence-electron chi connectivity index (χ1n) is 4.23. The van der Waals surface area contributed by atoms with Crippen LogP contribution in [0.3, 0.4) is 0 Å². The maximum Gasteiger partial charge on any atom is 0.248 e. The highest BCUT2D eigenvalue weighted by molar-refractivity contribution is 5.81. The van der Waals surface area contributed by atoms with Crippen molar-refractivity contribution in [2.45, 2.75) is 6.61 Å². The molecule has 2 aromatic rings. The normalized spacial score (nSPS) is 10.9. The maximum atomic E-state index is 12.9. The SMILES string of the molecule is O=c1cc(CO)c2cc(F)c(F)cc2[nH]1. The minimum Gasteiger partial charge on any atom is -0.392 e. The van der Waals surface area contributed by atoms with Gasteiger partial charge < -0.3 is 10.1 Å². The number of fused-ring (bicyclic) bond motifs is 1. The zero-order valence-electron chi connectivity index (χ0n) is 7.55. The van der Waals surface area contributed by atoms with Crippen LogP contribution in [0, 0.1) is 11.6 Å². The van der Waals surface area contributed by atoms with E-state index in [9.17, 15) is 13.6 Å². The smallest absolute Gasteiger partial charge is 0.248 e. The summed E-state index contributed by atoms with van der Waals surface area (Å²) in [6, 6.07) is 3.00.